The molecule has 0 aliphatic carbocycles. The quantitative estimate of drug-likeness (QED) is 0.763. The first-order valence-electron chi connectivity index (χ1n) is 6.46. The number of hydrogen-bond acceptors (Lipinski definition) is 4. The fraction of sp³-hybridized carbons (Fsp3) is 0.462. The number of urea groups is 1. The molecular formula is C13H17N3O4. The maximum absolute atomic E-state index is 12.0. The van der Waals surface area contributed by atoms with E-state index in [-0.39, 0.29) is 18.3 Å². The second-order valence-corrected chi connectivity index (χ2v) is 4.78. The zero-order valence-corrected chi connectivity index (χ0v) is 11.0. The molecule has 0 radical (unpaired) electrons. The Morgan fingerprint density at radius 2 is 2.25 bits per heavy atom. The molecule has 2 amide bonds. The maximum Gasteiger partial charge on any atom is 0.354 e. The van der Waals surface area contributed by atoms with Gasteiger partial charge in [0.1, 0.15) is 5.69 Å². The number of amides is 2. The molecular weight excluding hydrogens is 262 g/mol. The monoisotopic (exact) mass is 279 g/mol. The summed E-state index contributed by atoms with van der Waals surface area (Å²) in [6.07, 6.45) is 2.92. The van der Waals surface area contributed by atoms with E-state index in [1.54, 1.807) is 4.90 Å². The molecule has 1 aliphatic heterocycles. The van der Waals surface area contributed by atoms with Crippen LogP contribution in [0.1, 0.15) is 23.3 Å². The molecule has 20 heavy (non-hydrogen) atoms. The summed E-state index contributed by atoms with van der Waals surface area (Å²) in [6, 6.07) is 2.63. The molecule has 0 spiro atoms. The van der Waals surface area contributed by atoms with Gasteiger partial charge in [0, 0.05) is 19.7 Å². The first-order valence-corrected chi connectivity index (χ1v) is 6.46. The highest BCUT2D eigenvalue weighted by Crippen LogP contribution is 2.20. The molecule has 0 bridgehead atoms. The van der Waals surface area contributed by atoms with Gasteiger partial charge in [0.15, 0.2) is 0 Å². The molecule has 1 atom stereocenters. The Morgan fingerprint density at radius 3 is 2.85 bits per heavy atom. The number of carbonyl (C=O) groups excluding carboxylic acids is 1. The fourth-order valence-electron chi connectivity index (χ4n) is 2.23. The number of aliphatic hydroxyl groups excluding tert-OH is 1. The van der Waals surface area contributed by atoms with Crippen LogP contribution in [0.2, 0.25) is 0 Å². The smallest absolute Gasteiger partial charge is 0.354 e. The third-order valence-corrected chi connectivity index (χ3v) is 3.34. The summed E-state index contributed by atoms with van der Waals surface area (Å²) in [6.45, 7) is 1.44. The Hall–Kier alpha value is -2.15. The molecule has 3 N–H and O–H groups in total. The molecule has 108 valence electrons. The molecule has 1 aliphatic rings. The van der Waals surface area contributed by atoms with E-state index < -0.39 is 5.97 Å². The Bertz CT molecular complexity index is 489. The summed E-state index contributed by atoms with van der Waals surface area (Å²) in [7, 11) is 0. The topological polar surface area (TPSA) is 103 Å². The van der Waals surface area contributed by atoms with Crippen LogP contribution in [0.5, 0.6) is 0 Å². The number of aromatic nitrogens is 1. The van der Waals surface area contributed by atoms with Crippen LogP contribution in [0.25, 0.3) is 0 Å². The van der Waals surface area contributed by atoms with Crippen molar-refractivity contribution in [2.75, 3.05) is 25.0 Å². The van der Waals surface area contributed by atoms with Gasteiger partial charge in [-0.05, 0) is 30.9 Å². The number of hydrogen-bond donors (Lipinski definition) is 3. The number of nitrogens with one attached hydrogen (secondary N) is 1. The number of carbonyl (C=O) groups is 2. The number of rotatable bonds is 4. The molecule has 1 aromatic rings. The predicted molar refractivity (Wildman–Crippen MR) is 71.6 cm³/mol. The highest BCUT2D eigenvalue weighted by molar-refractivity contribution is 5.90. The third-order valence-electron chi connectivity index (χ3n) is 3.34. The number of nitrogens with zero attached hydrogens (tertiary/aromatic N) is 2. The zero-order chi connectivity index (χ0) is 14.5. The van der Waals surface area contributed by atoms with Crippen molar-refractivity contribution in [3.63, 3.8) is 0 Å². The highest BCUT2D eigenvalue weighted by atomic mass is 16.4. The van der Waals surface area contributed by atoms with Crippen molar-refractivity contribution in [2.24, 2.45) is 5.92 Å². The Balaban J connectivity index is 1.90. The van der Waals surface area contributed by atoms with E-state index in [4.69, 9.17) is 10.2 Å². The van der Waals surface area contributed by atoms with E-state index in [0.29, 0.717) is 31.1 Å². The number of anilines is 1. The normalized spacial score (nSPS) is 18.1. The Morgan fingerprint density at radius 1 is 1.45 bits per heavy atom. The van der Waals surface area contributed by atoms with Crippen LogP contribution < -0.4 is 5.32 Å². The lowest BCUT2D eigenvalue weighted by Gasteiger charge is -2.17. The van der Waals surface area contributed by atoms with Crippen LogP contribution in [-0.2, 0) is 0 Å². The largest absolute Gasteiger partial charge is 0.477 e. The van der Waals surface area contributed by atoms with Gasteiger partial charge >= 0.3 is 12.0 Å². The van der Waals surface area contributed by atoms with Crippen molar-refractivity contribution in [2.45, 2.75) is 12.8 Å². The second kappa shape index (κ2) is 6.33. The first kappa shape index (κ1) is 14.3. The summed E-state index contributed by atoms with van der Waals surface area (Å²) in [5.41, 5.74) is 0.401. The summed E-state index contributed by atoms with van der Waals surface area (Å²) in [5, 5.41) is 20.3. The molecule has 7 heteroatoms. The zero-order valence-electron chi connectivity index (χ0n) is 11.0. The summed E-state index contributed by atoms with van der Waals surface area (Å²) >= 11 is 0. The van der Waals surface area contributed by atoms with E-state index in [1.165, 1.54) is 18.3 Å². The fourth-order valence-corrected chi connectivity index (χ4v) is 2.23. The average Bonchev–Trinajstić information content (AvgIpc) is 2.88. The average molecular weight is 279 g/mol. The number of pyridine rings is 1. The van der Waals surface area contributed by atoms with Crippen LogP contribution in [-0.4, -0.2) is 51.8 Å². The standard InChI is InChI=1S/C13H17N3O4/c17-6-4-9-3-5-16(8-9)13(20)15-10-1-2-11(12(18)19)14-7-10/h1-2,7,9,17H,3-6,8H2,(H,15,20)(H,18,19). The van der Waals surface area contributed by atoms with Gasteiger partial charge in [-0.2, -0.15) is 0 Å². The maximum atomic E-state index is 12.0. The number of likely N-dealkylation sites (tertiary alicyclic amines) is 1. The summed E-state index contributed by atoms with van der Waals surface area (Å²) in [4.78, 5) is 28.1. The van der Waals surface area contributed by atoms with Gasteiger partial charge in [0.05, 0.1) is 11.9 Å². The second-order valence-electron chi connectivity index (χ2n) is 4.78. The van der Waals surface area contributed by atoms with E-state index >= 15 is 0 Å². The lowest BCUT2D eigenvalue weighted by atomic mass is 10.1. The Kier molecular flexibility index (Phi) is 4.52. The van der Waals surface area contributed by atoms with Gasteiger partial charge in [-0.15, -0.1) is 0 Å². The van der Waals surface area contributed by atoms with Crippen molar-refractivity contribution >= 4 is 17.7 Å². The van der Waals surface area contributed by atoms with Gasteiger partial charge in [-0.3, -0.25) is 0 Å². The lowest BCUT2D eigenvalue weighted by Crippen LogP contribution is -2.33. The molecule has 7 nitrogen and oxygen atoms in total. The third kappa shape index (κ3) is 3.45. The minimum absolute atomic E-state index is 0.0628. The van der Waals surface area contributed by atoms with Gasteiger partial charge in [0.25, 0.3) is 0 Å². The van der Waals surface area contributed by atoms with Crippen LogP contribution in [0.15, 0.2) is 18.3 Å². The van der Waals surface area contributed by atoms with E-state index in [9.17, 15) is 9.59 Å². The molecule has 2 rings (SSSR count). The van der Waals surface area contributed by atoms with Gasteiger partial charge < -0.3 is 20.4 Å². The van der Waals surface area contributed by atoms with Crippen LogP contribution in [0.4, 0.5) is 10.5 Å². The molecule has 1 aromatic heterocycles. The van der Waals surface area contributed by atoms with Crippen LogP contribution in [0, 0.1) is 5.92 Å². The van der Waals surface area contributed by atoms with Crippen molar-refractivity contribution < 1.29 is 19.8 Å². The first-order chi connectivity index (χ1) is 9.60. The van der Waals surface area contributed by atoms with Gasteiger partial charge in [-0.25, -0.2) is 14.6 Å². The van der Waals surface area contributed by atoms with Gasteiger partial charge in [0.2, 0.25) is 0 Å². The van der Waals surface area contributed by atoms with E-state index in [2.05, 4.69) is 10.3 Å². The van der Waals surface area contributed by atoms with E-state index in [0.717, 1.165) is 6.42 Å². The summed E-state index contributed by atoms with van der Waals surface area (Å²) < 4.78 is 0. The number of carboxylic acids is 1. The molecule has 0 aromatic carbocycles. The lowest BCUT2D eigenvalue weighted by molar-refractivity contribution is 0.0690. The number of aliphatic hydroxyl groups is 1. The van der Waals surface area contributed by atoms with Crippen molar-refractivity contribution in [1.82, 2.24) is 9.88 Å². The predicted octanol–water partition coefficient (Wildman–Crippen LogP) is 1.02. The minimum Gasteiger partial charge on any atom is -0.477 e. The summed E-state index contributed by atoms with van der Waals surface area (Å²) in [5.74, 6) is -0.757. The van der Waals surface area contributed by atoms with Crippen molar-refractivity contribution in [1.29, 1.82) is 0 Å². The van der Waals surface area contributed by atoms with Crippen LogP contribution in [0.3, 0.4) is 0 Å². The SMILES string of the molecule is O=C(O)c1ccc(NC(=O)N2CCC(CCO)C2)cn1. The van der Waals surface area contributed by atoms with E-state index in [1.807, 2.05) is 0 Å². The molecule has 1 fully saturated rings. The molecule has 2 heterocycles. The number of carboxylic acid groups (broad SMARTS) is 1. The molecule has 0 saturated carbocycles. The molecule has 1 saturated heterocycles. The van der Waals surface area contributed by atoms with Crippen molar-refractivity contribution in [3.8, 4) is 0 Å². The molecule has 1 unspecified atom stereocenters. The minimum atomic E-state index is -1.10. The van der Waals surface area contributed by atoms with Gasteiger partial charge in [-0.1, -0.05) is 0 Å². The van der Waals surface area contributed by atoms with Crippen LogP contribution >= 0.6 is 0 Å². The Labute approximate surface area is 116 Å². The number of aromatic carboxylic acids is 1. The highest BCUT2D eigenvalue weighted by Gasteiger charge is 2.25. The van der Waals surface area contributed by atoms with Crippen molar-refractivity contribution in [3.05, 3.63) is 24.0 Å².